The highest BCUT2D eigenvalue weighted by atomic mass is 16.5. The summed E-state index contributed by atoms with van der Waals surface area (Å²) in [4.78, 5) is 2.53. The maximum absolute atomic E-state index is 5.48. The van der Waals surface area contributed by atoms with Crippen LogP contribution in [0.5, 0.6) is 0 Å². The van der Waals surface area contributed by atoms with Crippen LogP contribution >= 0.6 is 0 Å². The fraction of sp³-hybridized carbons (Fsp3) is 1.00. The number of likely N-dealkylation sites (N-methyl/N-ethyl adjacent to an activating group) is 1. The zero-order valence-electron chi connectivity index (χ0n) is 13.5. The molecule has 0 aliphatic heterocycles. The Labute approximate surface area is 114 Å². The Balaban J connectivity index is 4.34. The predicted octanol–water partition coefficient (Wildman–Crippen LogP) is 2.76. The third-order valence-electron chi connectivity index (χ3n) is 3.21. The summed E-state index contributed by atoms with van der Waals surface area (Å²) >= 11 is 0. The third kappa shape index (κ3) is 8.06. The number of hydrogen-bond donors (Lipinski definition) is 1. The SMILES string of the molecule is CCOCCN(CC)C(CNC(C)(C)C)C(C)C. The van der Waals surface area contributed by atoms with E-state index in [2.05, 4.69) is 58.7 Å². The first kappa shape index (κ1) is 17.9. The molecule has 0 bridgehead atoms. The Hall–Kier alpha value is -0.120. The summed E-state index contributed by atoms with van der Waals surface area (Å²) in [6.07, 6.45) is 0. The van der Waals surface area contributed by atoms with Crippen molar-refractivity contribution in [2.45, 2.75) is 60.0 Å². The molecule has 0 aromatic rings. The van der Waals surface area contributed by atoms with Gasteiger partial charge in [0.25, 0.3) is 0 Å². The average Bonchev–Trinajstić information content (AvgIpc) is 2.25. The number of rotatable bonds is 9. The molecule has 0 fully saturated rings. The lowest BCUT2D eigenvalue weighted by molar-refractivity contribution is 0.0810. The number of ether oxygens (including phenoxy) is 1. The van der Waals surface area contributed by atoms with Crippen molar-refractivity contribution >= 4 is 0 Å². The zero-order chi connectivity index (χ0) is 14.2. The van der Waals surface area contributed by atoms with E-state index in [-0.39, 0.29) is 5.54 Å². The minimum absolute atomic E-state index is 0.187. The lowest BCUT2D eigenvalue weighted by atomic mass is 10.0. The maximum atomic E-state index is 5.48. The first-order valence-electron chi connectivity index (χ1n) is 7.38. The van der Waals surface area contributed by atoms with Crippen LogP contribution in [-0.4, -0.2) is 49.3 Å². The largest absolute Gasteiger partial charge is 0.380 e. The molecular weight excluding hydrogens is 224 g/mol. The van der Waals surface area contributed by atoms with Crippen molar-refractivity contribution in [2.75, 3.05) is 32.8 Å². The summed E-state index contributed by atoms with van der Waals surface area (Å²) in [6.45, 7) is 20.4. The van der Waals surface area contributed by atoms with E-state index in [4.69, 9.17) is 4.74 Å². The Morgan fingerprint density at radius 3 is 2.17 bits per heavy atom. The molecule has 3 nitrogen and oxygen atoms in total. The molecule has 0 saturated heterocycles. The van der Waals surface area contributed by atoms with Gasteiger partial charge in [-0.3, -0.25) is 4.90 Å². The van der Waals surface area contributed by atoms with Crippen molar-refractivity contribution in [3.63, 3.8) is 0 Å². The van der Waals surface area contributed by atoms with E-state index in [1.54, 1.807) is 0 Å². The molecule has 0 aliphatic rings. The van der Waals surface area contributed by atoms with Crippen LogP contribution in [0.2, 0.25) is 0 Å². The highest BCUT2D eigenvalue weighted by molar-refractivity contribution is 4.80. The smallest absolute Gasteiger partial charge is 0.0593 e. The Morgan fingerprint density at radius 2 is 1.78 bits per heavy atom. The molecule has 0 aromatic heterocycles. The van der Waals surface area contributed by atoms with Gasteiger partial charge in [-0.25, -0.2) is 0 Å². The highest BCUT2D eigenvalue weighted by Crippen LogP contribution is 2.11. The molecule has 0 rings (SSSR count). The van der Waals surface area contributed by atoms with E-state index in [1.807, 2.05) is 0 Å². The second-order valence-electron chi connectivity index (χ2n) is 6.27. The van der Waals surface area contributed by atoms with Crippen molar-refractivity contribution < 1.29 is 4.74 Å². The first-order valence-corrected chi connectivity index (χ1v) is 7.38. The van der Waals surface area contributed by atoms with Gasteiger partial charge in [-0.2, -0.15) is 0 Å². The van der Waals surface area contributed by atoms with Crippen LogP contribution < -0.4 is 5.32 Å². The second kappa shape index (κ2) is 8.89. The molecule has 0 spiro atoms. The fourth-order valence-corrected chi connectivity index (χ4v) is 2.08. The minimum Gasteiger partial charge on any atom is -0.380 e. The Bertz CT molecular complexity index is 199. The van der Waals surface area contributed by atoms with Gasteiger partial charge in [-0.15, -0.1) is 0 Å². The fourth-order valence-electron chi connectivity index (χ4n) is 2.08. The molecule has 0 amide bonds. The van der Waals surface area contributed by atoms with Gasteiger partial charge in [0, 0.05) is 31.3 Å². The third-order valence-corrected chi connectivity index (χ3v) is 3.21. The lowest BCUT2D eigenvalue weighted by Crippen LogP contribution is -2.50. The molecule has 0 radical (unpaired) electrons. The molecule has 0 aliphatic carbocycles. The normalized spacial score (nSPS) is 14.5. The van der Waals surface area contributed by atoms with Gasteiger partial charge in [0.2, 0.25) is 0 Å². The van der Waals surface area contributed by atoms with Crippen LogP contribution in [0.15, 0.2) is 0 Å². The van der Waals surface area contributed by atoms with Gasteiger partial charge in [0.15, 0.2) is 0 Å². The number of nitrogens with zero attached hydrogens (tertiary/aromatic N) is 1. The lowest BCUT2D eigenvalue weighted by Gasteiger charge is -2.36. The van der Waals surface area contributed by atoms with Crippen LogP contribution in [-0.2, 0) is 4.74 Å². The maximum Gasteiger partial charge on any atom is 0.0593 e. The summed E-state index contributed by atoms with van der Waals surface area (Å²) in [7, 11) is 0. The van der Waals surface area contributed by atoms with Crippen molar-refractivity contribution in [1.82, 2.24) is 10.2 Å². The van der Waals surface area contributed by atoms with Gasteiger partial charge in [-0.05, 0) is 40.2 Å². The van der Waals surface area contributed by atoms with Gasteiger partial charge in [0.05, 0.1) is 6.61 Å². The Kier molecular flexibility index (Phi) is 8.83. The Morgan fingerprint density at radius 1 is 1.17 bits per heavy atom. The van der Waals surface area contributed by atoms with E-state index in [0.29, 0.717) is 12.0 Å². The van der Waals surface area contributed by atoms with Crippen LogP contribution in [0.4, 0.5) is 0 Å². The van der Waals surface area contributed by atoms with Crippen LogP contribution in [0.3, 0.4) is 0 Å². The summed E-state index contributed by atoms with van der Waals surface area (Å²) in [5.41, 5.74) is 0.187. The van der Waals surface area contributed by atoms with Gasteiger partial charge < -0.3 is 10.1 Å². The van der Waals surface area contributed by atoms with Crippen molar-refractivity contribution in [3.05, 3.63) is 0 Å². The highest BCUT2D eigenvalue weighted by Gasteiger charge is 2.22. The molecule has 0 heterocycles. The second-order valence-corrected chi connectivity index (χ2v) is 6.27. The molecule has 0 saturated carbocycles. The molecule has 3 heteroatoms. The van der Waals surface area contributed by atoms with Crippen molar-refractivity contribution in [3.8, 4) is 0 Å². The van der Waals surface area contributed by atoms with Gasteiger partial charge >= 0.3 is 0 Å². The first-order chi connectivity index (χ1) is 8.31. The predicted molar refractivity (Wildman–Crippen MR) is 80.1 cm³/mol. The van der Waals surface area contributed by atoms with Crippen LogP contribution in [0.25, 0.3) is 0 Å². The number of hydrogen-bond acceptors (Lipinski definition) is 3. The monoisotopic (exact) mass is 258 g/mol. The quantitative estimate of drug-likeness (QED) is 0.644. The molecule has 0 aromatic carbocycles. The zero-order valence-corrected chi connectivity index (χ0v) is 13.5. The summed E-state index contributed by atoms with van der Waals surface area (Å²) in [6, 6.07) is 0.578. The van der Waals surface area contributed by atoms with Crippen LogP contribution in [0, 0.1) is 5.92 Å². The van der Waals surface area contributed by atoms with Gasteiger partial charge in [0.1, 0.15) is 0 Å². The van der Waals surface area contributed by atoms with E-state index in [1.165, 1.54) is 0 Å². The number of nitrogens with one attached hydrogen (secondary N) is 1. The van der Waals surface area contributed by atoms with Crippen molar-refractivity contribution in [1.29, 1.82) is 0 Å². The van der Waals surface area contributed by atoms with E-state index in [0.717, 1.165) is 32.8 Å². The molecule has 1 unspecified atom stereocenters. The topological polar surface area (TPSA) is 24.5 Å². The summed E-state index contributed by atoms with van der Waals surface area (Å²) in [5.74, 6) is 0.654. The molecule has 110 valence electrons. The standard InChI is InChI=1S/C15H34N2O/c1-8-17(10-11-18-9-2)14(13(3)4)12-16-15(5,6)7/h13-14,16H,8-12H2,1-7H3. The van der Waals surface area contributed by atoms with E-state index >= 15 is 0 Å². The van der Waals surface area contributed by atoms with Gasteiger partial charge in [-0.1, -0.05) is 20.8 Å². The average molecular weight is 258 g/mol. The molecule has 1 atom stereocenters. The van der Waals surface area contributed by atoms with Crippen molar-refractivity contribution in [2.24, 2.45) is 5.92 Å². The summed E-state index contributed by atoms with van der Waals surface area (Å²) < 4.78 is 5.48. The minimum atomic E-state index is 0.187. The molecular formula is C15H34N2O. The molecule has 18 heavy (non-hydrogen) atoms. The summed E-state index contributed by atoms with van der Waals surface area (Å²) in [5, 5.41) is 3.63. The van der Waals surface area contributed by atoms with Crippen LogP contribution in [0.1, 0.15) is 48.5 Å². The van der Waals surface area contributed by atoms with E-state index in [9.17, 15) is 0 Å². The molecule has 1 N–H and O–H groups in total. The van der Waals surface area contributed by atoms with E-state index < -0.39 is 0 Å².